The molecule has 0 radical (unpaired) electrons. The number of nitrogens with zero attached hydrogens (tertiary/aromatic N) is 2. The van der Waals surface area contributed by atoms with E-state index in [2.05, 4.69) is 29.4 Å². The minimum atomic E-state index is 0.597. The van der Waals surface area contributed by atoms with E-state index in [1.807, 2.05) is 0 Å². The Labute approximate surface area is 95.1 Å². The summed E-state index contributed by atoms with van der Waals surface area (Å²) in [5.74, 6) is 0. The molecule has 86 valence electrons. The maximum atomic E-state index is 5.40. The fourth-order valence-electron chi connectivity index (χ4n) is 1.09. The van der Waals surface area contributed by atoms with Crippen LogP contribution in [-0.2, 0) is 17.9 Å². The summed E-state index contributed by atoms with van der Waals surface area (Å²) in [6.07, 6.45) is 2.19. The van der Waals surface area contributed by atoms with Crippen molar-refractivity contribution in [3.8, 4) is 0 Å². The number of aromatic nitrogens is 2. The van der Waals surface area contributed by atoms with E-state index in [1.165, 1.54) is 0 Å². The third-order valence-electron chi connectivity index (χ3n) is 1.79. The van der Waals surface area contributed by atoms with Gasteiger partial charge in [0.15, 0.2) is 0 Å². The molecule has 1 heterocycles. The van der Waals surface area contributed by atoms with Gasteiger partial charge in [0.05, 0.1) is 0 Å². The summed E-state index contributed by atoms with van der Waals surface area (Å²) in [6, 6.07) is 0. The van der Waals surface area contributed by atoms with Crippen LogP contribution in [0.1, 0.15) is 36.7 Å². The average Bonchev–Trinajstić information content (AvgIpc) is 2.67. The third kappa shape index (κ3) is 5.20. The Morgan fingerprint density at radius 3 is 2.73 bits per heavy atom. The van der Waals surface area contributed by atoms with Gasteiger partial charge in [0.2, 0.25) is 0 Å². The van der Waals surface area contributed by atoms with Gasteiger partial charge in [-0.1, -0.05) is 25.2 Å². The molecule has 0 aliphatic carbocycles. The fraction of sp³-hybridized carbons (Fsp3) is 0.800. The molecule has 0 bridgehead atoms. The van der Waals surface area contributed by atoms with Gasteiger partial charge in [0.1, 0.15) is 16.6 Å². The fourth-order valence-corrected chi connectivity index (χ4v) is 1.85. The number of nitrogens with one attached hydrogen (secondary N) is 1. The molecule has 0 atom stereocenters. The molecule has 5 heteroatoms. The Bertz CT molecular complexity index is 240. The van der Waals surface area contributed by atoms with E-state index in [-0.39, 0.29) is 0 Å². The quantitative estimate of drug-likeness (QED) is 0.692. The SMILES string of the molecule is CCCNCc1nnc(COCCC)s1. The largest absolute Gasteiger partial charge is 0.374 e. The first-order chi connectivity index (χ1) is 7.36. The van der Waals surface area contributed by atoms with Crippen LogP contribution < -0.4 is 5.32 Å². The molecule has 1 aromatic rings. The molecule has 0 unspecified atom stereocenters. The Kier molecular flexibility index (Phi) is 6.47. The molecular formula is C10H19N3OS. The van der Waals surface area contributed by atoms with E-state index in [0.717, 1.165) is 42.6 Å². The lowest BCUT2D eigenvalue weighted by Crippen LogP contribution is -2.13. The zero-order chi connectivity index (χ0) is 10.9. The van der Waals surface area contributed by atoms with Crippen molar-refractivity contribution >= 4 is 11.3 Å². The summed E-state index contributed by atoms with van der Waals surface area (Å²) in [5, 5.41) is 13.5. The predicted molar refractivity (Wildman–Crippen MR) is 61.9 cm³/mol. The normalized spacial score (nSPS) is 10.8. The molecule has 0 saturated heterocycles. The van der Waals surface area contributed by atoms with Crippen LogP contribution in [-0.4, -0.2) is 23.3 Å². The molecule has 0 spiro atoms. The maximum absolute atomic E-state index is 5.40. The molecule has 0 saturated carbocycles. The summed E-state index contributed by atoms with van der Waals surface area (Å²) in [4.78, 5) is 0. The molecule has 15 heavy (non-hydrogen) atoms. The number of ether oxygens (including phenoxy) is 1. The van der Waals surface area contributed by atoms with Gasteiger partial charge in [0.25, 0.3) is 0 Å². The van der Waals surface area contributed by atoms with Crippen LogP contribution >= 0.6 is 11.3 Å². The molecule has 0 aromatic carbocycles. The van der Waals surface area contributed by atoms with Gasteiger partial charge >= 0.3 is 0 Å². The second-order valence-electron chi connectivity index (χ2n) is 3.32. The molecule has 1 rings (SSSR count). The van der Waals surface area contributed by atoms with Gasteiger partial charge in [0, 0.05) is 13.2 Å². The van der Waals surface area contributed by atoms with Crippen LogP contribution in [0.15, 0.2) is 0 Å². The van der Waals surface area contributed by atoms with Crippen LogP contribution in [0, 0.1) is 0 Å². The Morgan fingerprint density at radius 2 is 2.00 bits per heavy atom. The van der Waals surface area contributed by atoms with Crippen molar-refractivity contribution in [2.45, 2.75) is 39.8 Å². The standard InChI is InChI=1S/C10H19N3OS/c1-3-5-11-7-9-12-13-10(15-9)8-14-6-4-2/h11H,3-8H2,1-2H3. The summed E-state index contributed by atoms with van der Waals surface area (Å²) in [7, 11) is 0. The lowest BCUT2D eigenvalue weighted by atomic mass is 10.5. The highest BCUT2D eigenvalue weighted by Crippen LogP contribution is 2.10. The summed E-state index contributed by atoms with van der Waals surface area (Å²) >= 11 is 1.62. The highest BCUT2D eigenvalue weighted by Gasteiger charge is 2.03. The van der Waals surface area contributed by atoms with E-state index in [0.29, 0.717) is 6.61 Å². The third-order valence-corrected chi connectivity index (χ3v) is 2.68. The average molecular weight is 229 g/mol. The van der Waals surface area contributed by atoms with Crippen LogP contribution in [0.5, 0.6) is 0 Å². The second-order valence-corrected chi connectivity index (χ2v) is 4.47. The van der Waals surface area contributed by atoms with E-state index >= 15 is 0 Å². The van der Waals surface area contributed by atoms with Crippen LogP contribution in [0.25, 0.3) is 0 Å². The van der Waals surface area contributed by atoms with Crippen molar-refractivity contribution in [1.29, 1.82) is 0 Å². The lowest BCUT2D eigenvalue weighted by molar-refractivity contribution is 0.121. The highest BCUT2D eigenvalue weighted by atomic mass is 32.1. The zero-order valence-electron chi connectivity index (χ0n) is 9.45. The molecular weight excluding hydrogens is 210 g/mol. The smallest absolute Gasteiger partial charge is 0.143 e. The Morgan fingerprint density at radius 1 is 1.20 bits per heavy atom. The van der Waals surface area contributed by atoms with Gasteiger partial charge in [-0.15, -0.1) is 10.2 Å². The van der Waals surface area contributed by atoms with E-state index in [9.17, 15) is 0 Å². The predicted octanol–water partition coefficient (Wildman–Crippen LogP) is 1.96. The van der Waals surface area contributed by atoms with E-state index in [4.69, 9.17) is 4.74 Å². The van der Waals surface area contributed by atoms with Gasteiger partial charge in [-0.25, -0.2) is 0 Å². The summed E-state index contributed by atoms with van der Waals surface area (Å²) in [6.45, 7) is 7.49. The van der Waals surface area contributed by atoms with Gasteiger partial charge in [-0.3, -0.25) is 0 Å². The van der Waals surface area contributed by atoms with Crippen LogP contribution in [0.4, 0.5) is 0 Å². The van der Waals surface area contributed by atoms with Crippen molar-refractivity contribution < 1.29 is 4.74 Å². The van der Waals surface area contributed by atoms with Crippen molar-refractivity contribution in [1.82, 2.24) is 15.5 Å². The van der Waals surface area contributed by atoms with Crippen molar-refractivity contribution in [2.75, 3.05) is 13.2 Å². The van der Waals surface area contributed by atoms with E-state index < -0.39 is 0 Å². The minimum Gasteiger partial charge on any atom is -0.374 e. The van der Waals surface area contributed by atoms with Gasteiger partial charge < -0.3 is 10.1 Å². The number of rotatable bonds is 8. The molecule has 1 N–H and O–H groups in total. The lowest BCUT2D eigenvalue weighted by Gasteiger charge is -1.97. The molecule has 0 amide bonds. The first-order valence-corrected chi connectivity index (χ1v) is 6.28. The Hall–Kier alpha value is -0.520. The number of hydrogen-bond donors (Lipinski definition) is 1. The number of hydrogen-bond acceptors (Lipinski definition) is 5. The summed E-state index contributed by atoms with van der Waals surface area (Å²) < 4.78 is 5.40. The van der Waals surface area contributed by atoms with Crippen molar-refractivity contribution in [3.63, 3.8) is 0 Å². The molecule has 1 aromatic heterocycles. The van der Waals surface area contributed by atoms with Gasteiger partial charge in [-0.2, -0.15) is 0 Å². The first kappa shape index (κ1) is 12.5. The highest BCUT2D eigenvalue weighted by molar-refractivity contribution is 7.11. The Balaban J connectivity index is 2.23. The van der Waals surface area contributed by atoms with Gasteiger partial charge in [-0.05, 0) is 19.4 Å². The maximum Gasteiger partial charge on any atom is 0.143 e. The second kappa shape index (κ2) is 7.73. The van der Waals surface area contributed by atoms with E-state index in [1.54, 1.807) is 11.3 Å². The minimum absolute atomic E-state index is 0.597. The van der Waals surface area contributed by atoms with Crippen molar-refractivity contribution in [3.05, 3.63) is 10.0 Å². The summed E-state index contributed by atoms with van der Waals surface area (Å²) in [5.41, 5.74) is 0. The van der Waals surface area contributed by atoms with Crippen LogP contribution in [0.3, 0.4) is 0 Å². The zero-order valence-corrected chi connectivity index (χ0v) is 10.3. The molecule has 0 aliphatic heterocycles. The monoisotopic (exact) mass is 229 g/mol. The molecule has 0 fully saturated rings. The topological polar surface area (TPSA) is 47.0 Å². The first-order valence-electron chi connectivity index (χ1n) is 5.46. The van der Waals surface area contributed by atoms with Crippen LogP contribution in [0.2, 0.25) is 0 Å². The molecule has 0 aliphatic rings. The van der Waals surface area contributed by atoms with Crippen molar-refractivity contribution in [2.24, 2.45) is 0 Å². The molecule has 4 nitrogen and oxygen atoms in total.